The first-order chi connectivity index (χ1) is 8.11. The zero-order valence-electron chi connectivity index (χ0n) is 11.3. The highest BCUT2D eigenvalue weighted by Gasteiger charge is 2.03. The summed E-state index contributed by atoms with van der Waals surface area (Å²) in [5.41, 5.74) is 0. The fraction of sp³-hybridized carbons (Fsp3) is 0.667. The van der Waals surface area contributed by atoms with E-state index in [0.29, 0.717) is 5.96 Å². The van der Waals surface area contributed by atoms with Crippen LogP contribution in [0.25, 0.3) is 0 Å². The van der Waals surface area contributed by atoms with Crippen LogP contribution in [0, 0.1) is 0 Å². The highest BCUT2D eigenvalue weighted by atomic mass is 16.2. The van der Waals surface area contributed by atoms with E-state index in [1.807, 2.05) is 19.9 Å². The molecule has 0 aromatic heterocycles. The van der Waals surface area contributed by atoms with Gasteiger partial charge in [0, 0.05) is 27.2 Å². The standard InChI is InChI=1S/C12H24N4O/c1-5-7-8-9-14-12(13-6-2)15-10-11(17)16(3)4/h5,7H,6,8-10H2,1-4H3,(H2,13,14,15). The van der Waals surface area contributed by atoms with E-state index in [1.165, 1.54) is 4.90 Å². The molecule has 0 saturated carbocycles. The third-order valence-corrected chi connectivity index (χ3v) is 2.05. The molecule has 0 aliphatic rings. The summed E-state index contributed by atoms with van der Waals surface area (Å²) in [4.78, 5) is 17.1. The van der Waals surface area contributed by atoms with Crippen molar-refractivity contribution in [2.24, 2.45) is 4.99 Å². The van der Waals surface area contributed by atoms with Gasteiger partial charge in [0.05, 0.1) is 0 Å². The molecule has 5 nitrogen and oxygen atoms in total. The van der Waals surface area contributed by atoms with Gasteiger partial charge >= 0.3 is 0 Å². The Hall–Kier alpha value is -1.52. The van der Waals surface area contributed by atoms with Gasteiger partial charge in [-0.05, 0) is 20.3 Å². The molecule has 0 aliphatic heterocycles. The lowest BCUT2D eigenvalue weighted by molar-refractivity contribution is -0.127. The van der Waals surface area contributed by atoms with E-state index in [1.54, 1.807) is 14.1 Å². The van der Waals surface area contributed by atoms with Crippen LogP contribution in [0.3, 0.4) is 0 Å². The van der Waals surface area contributed by atoms with Gasteiger partial charge in [-0.15, -0.1) is 0 Å². The number of carbonyl (C=O) groups is 1. The Balaban J connectivity index is 4.11. The number of hydrogen-bond donors (Lipinski definition) is 2. The number of rotatable bonds is 6. The smallest absolute Gasteiger partial charge is 0.243 e. The van der Waals surface area contributed by atoms with Gasteiger partial charge in [-0.3, -0.25) is 4.79 Å². The Morgan fingerprint density at radius 1 is 1.35 bits per heavy atom. The summed E-state index contributed by atoms with van der Waals surface area (Å²) in [6, 6.07) is 0. The maximum atomic E-state index is 11.4. The molecule has 0 bridgehead atoms. The average Bonchev–Trinajstić information content (AvgIpc) is 2.30. The minimum atomic E-state index is -0.00402. The van der Waals surface area contributed by atoms with E-state index in [-0.39, 0.29) is 12.5 Å². The van der Waals surface area contributed by atoms with Crippen molar-refractivity contribution in [3.05, 3.63) is 12.2 Å². The second-order valence-electron chi connectivity index (χ2n) is 3.77. The lowest BCUT2D eigenvalue weighted by Crippen LogP contribution is -2.38. The quantitative estimate of drug-likeness (QED) is 0.309. The number of nitrogens with zero attached hydrogens (tertiary/aromatic N) is 2. The van der Waals surface area contributed by atoms with Crippen LogP contribution in [-0.4, -0.2) is 50.5 Å². The third kappa shape index (κ3) is 8.30. The van der Waals surface area contributed by atoms with Crippen molar-refractivity contribution in [2.75, 3.05) is 33.7 Å². The van der Waals surface area contributed by atoms with E-state index < -0.39 is 0 Å². The highest BCUT2D eigenvalue weighted by molar-refractivity contribution is 5.84. The van der Waals surface area contributed by atoms with Gasteiger partial charge in [0.1, 0.15) is 6.54 Å². The number of carbonyl (C=O) groups excluding carboxylic acids is 1. The fourth-order valence-electron chi connectivity index (χ4n) is 1.07. The molecule has 5 heteroatoms. The normalized spacial score (nSPS) is 11.6. The van der Waals surface area contributed by atoms with Crippen molar-refractivity contribution in [1.29, 1.82) is 0 Å². The maximum Gasteiger partial charge on any atom is 0.243 e. The van der Waals surface area contributed by atoms with Crippen LogP contribution in [0.4, 0.5) is 0 Å². The number of nitrogens with one attached hydrogen (secondary N) is 2. The van der Waals surface area contributed by atoms with Crippen molar-refractivity contribution in [3.8, 4) is 0 Å². The SMILES string of the molecule is CC=CCCNC(=NCC(=O)N(C)C)NCC. The van der Waals surface area contributed by atoms with Crippen molar-refractivity contribution >= 4 is 11.9 Å². The number of allylic oxidation sites excluding steroid dienone is 1. The van der Waals surface area contributed by atoms with E-state index in [9.17, 15) is 4.79 Å². The van der Waals surface area contributed by atoms with Gasteiger partial charge in [0.2, 0.25) is 5.91 Å². The Bertz CT molecular complexity index is 272. The number of aliphatic imine (C=N–C) groups is 1. The summed E-state index contributed by atoms with van der Waals surface area (Å²) < 4.78 is 0. The molecule has 0 aromatic rings. The van der Waals surface area contributed by atoms with E-state index >= 15 is 0 Å². The van der Waals surface area contributed by atoms with E-state index in [2.05, 4.69) is 21.7 Å². The Morgan fingerprint density at radius 3 is 2.59 bits per heavy atom. The molecule has 0 rings (SSSR count). The van der Waals surface area contributed by atoms with Crippen LogP contribution < -0.4 is 10.6 Å². The molecule has 0 saturated heterocycles. The Labute approximate surface area is 104 Å². The van der Waals surface area contributed by atoms with Crippen molar-refractivity contribution in [3.63, 3.8) is 0 Å². The second kappa shape index (κ2) is 9.69. The molecule has 0 aliphatic carbocycles. The lowest BCUT2D eigenvalue weighted by atomic mass is 10.4. The van der Waals surface area contributed by atoms with Crippen LogP contribution in [0.5, 0.6) is 0 Å². The second-order valence-corrected chi connectivity index (χ2v) is 3.77. The summed E-state index contributed by atoms with van der Waals surface area (Å²) in [5.74, 6) is 0.683. The number of guanidine groups is 1. The summed E-state index contributed by atoms with van der Waals surface area (Å²) in [5, 5.41) is 6.26. The molecule has 0 spiro atoms. The Morgan fingerprint density at radius 2 is 2.06 bits per heavy atom. The van der Waals surface area contributed by atoms with Crippen LogP contribution in [-0.2, 0) is 4.79 Å². The minimum Gasteiger partial charge on any atom is -0.357 e. The van der Waals surface area contributed by atoms with Gasteiger partial charge in [-0.2, -0.15) is 0 Å². The first-order valence-electron chi connectivity index (χ1n) is 5.95. The van der Waals surface area contributed by atoms with E-state index in [0.717, 1.165) is 19.5 Å². The fourth-order valence-corrected chi connectivity index (χ4v) is 1.07. The minimum absolute atomic E-state index is 0.00402. The molecule has 0 radical (unpaired) electrons. The molecule has 2 N–H and O–H groups in total. The van der Waals surface area contributed by atoms with Crippen LogP contribution in [0.2, 0.25) is 0 Å². The molecule has 1 amide bonds. The number of hydrogen-bond acceptors (Lipinski definition) is 2. The van der Waals surface area contributed by atoms with Gasteiger partial charge in [0.25, 0.3) is 0 Å². The first-order valence-corrected chi connectivity index (χ1v) is 5.95. The van der Waals surface area contributed by atoms with Crippen LogP contribution in [0.15, 0.2) is 17.1 Å². The van der Waals surface area contributed by atoms with Gasteiger partial charge in [0.15, 0.2) is 5.96 Å². The summed E-state index contributed by atoms with van der Waals surface area (Å²) in [6.07, 6.45) is 5.05. The molecular weight excluding hydrogens is 216 g/mol. The third-order valence-electron chi connectivity index (χ3n) is 2.05. The Kier molecular flexibility index (Phi) is 8.82. The van der Waals surface area contributed by atoms with Crippen molar-refractivity contribution in [1.82, 2.24) is 15.5 Å². The van der Waals surface area contributed by atoms with Crippen LogP contribution in [0.1, 0.15) is 20.3 Å². The average molecular weight is 240 g/mol. The molecule has 0 heterocycles. The van der Waals surface area contributed by atoms with Crippen molar-refractivity contribution in [2.45, 2.75) is 20.3 Å². The largest absolute Gasteiger partial charge is 0.357 e. The maximum absolute atomic E-state index is 11.4. The summed E-state index contributed by atoms with van der Waals surface area (Å²) >= 11 is 0. The number of amides is 1. The zero-order chi connectivity index (χ0) is 13.1. The van der Waals surface area contributed by atoms with Gasteiger partial charge in [-0.25, -0.2) is 4.99 Å². The predicted molar refractivity (Wildman–Crippen MR) is 72.1 cm³/mol. The molecule has 0 fully saturated rings. The molecule has 98 valence electrons. The zero-order valence-corrected chi connectivity index (χ0v) is 11.3. The van der Waals surface area contributed by atoms with Gasteiger partial charge < -0.3 is 15.5 Å². The monoisotopic (exact) mass is 240 g/mol. The summed E-state index contributed by atoms with van der Waals surface area (Å²) in [6.45, 7) is 5.76. The number of likely N-dealkylation sites (N-methyl/N-ethyl adjacent to an activating group) is 1. The van der Waals surface area contributed by atoms with Crippen LogP contribution >= 0.6 is 0 Å². The van der Waals surface area contributed by atoms with Crippen molar-refractivity contribution < 1.29 is 4.79 Å². The highest BCUT2D eigenvalue weighted by Crippen LogP contribution is 1.83. The predicted octanol–water partition coefficient (Wildman–Crippen LogP) is 0.596. The lowest BCUT2D eigenvalue weighted by Gasteiger charge is -2.12. The van der Waals surface area contributed by atoms with E-state index in [4.69, 9.17) is 0 Å². The topological polar surface area (TPSA) is 56.7 Å². The van der Waals surface area contributed by atoms with Gasteiger partial charge in [-0.1, -0.05) is 12.2 Å². The molecule has 0 aromatic carbocycles. The molecule has 0 unspecified atom stereocenters. The molecular formula is C12H24N4O. The molecule has 17 heavy (non-hydrogen) atoms. The summed E-state index contributed by atoms with van der Waals surface area (Å²) in [7, 11) is 3.45. The molecule has 0 atom stereocenters. The first kappa shape index (κ1) is 15.5.